The van der Waals surface area contributed by atoms with Gasteiger partial charge in [0.25, 0.3) is 5.78 Å². The van der Waals surface area contributed by atoms with Gasteiger partial charge in [-0.25, -0.2) is 9.50 Å². The van der Waals surface area contributed by atoms with Gasteiger partial charge in [0.15, 0.2) is 0 Å². The fraction of sp³-hybridized carbons (Fsp3) is 0.286. The molecule has 15 heavy (non-hydrogen) atoms. The van der Waals surface area contributed by atoms with E-state index in [1.165, 1.54) is 6.07 Å². The zero-order valence-corrected chi connectivity index (χ0v) is 8.28. The van der Waals surface area contributed by atoms with Gasteiger partial charge in [-0.15, -0.1) is 0 Å². The van der Waals surface area contributed by atoms with Crippen LogP contribution >= 0.6 is 12.2 Å². The summed E-state index contributed by atoms with van der Waals surface area (Å²) in [6, 6.07) is 1.49. The molecule has 0 fully saturated rings. The first kappa shape index (κ1) is 10.1. The second-order valence-electron chi connectivity index (χ2n) is 2.94. The minimum absolute atomic E-state index is 0.0766. The third-order valence-corrected chi connectivity index (χ3v) is 2.03. The molecule has 0 atom stereocenters. The molecule has 2 heterocycles. The molecule has 0 bridgehead atoms. The van der Waals surface area contributed by atoms with Crippen LogP contribution in [0.25, 0.3) is 5.78 Å². The summed E-state index contributed by atoms with van der Waals surface area (Å²) in [5, 5.41) is 2.04. The van der Waals surface area contributed by atoms with Crippen LogP contribution in [0.1, 0.15) is 11.5 Å². The van der Waals surface area contributed by atoms with Crippen LogP contribution in [0.4, 0.5) is 13.2 Å². The van der Waals surface area contributed by atoms with Gasteiger partial charge in [0.05, 0.1) is 0 Å². The largest absolute Gasteiger partial charge is 0.451 e. The van der Waals surface area contributed by atoms with Gasteiger partial charge in [-0.1, -0.05) is 12.2 Å². The van der Waals surface area contributed by atoms with E-state index in [9.17, 15) is 13.2 Å². The lowest BCUT2D eigenvalue weighted by molar-refractivity contribution is -0.144. The standard InChI is InChI=1S/C7H5F3N4S/c1-3-2-4(15)14-6(11-3)12-5(13-14)7(8,9)10/h2H,1H3,(H,11,12,13). The number of aromatic nitrogens is 4. The summed E-state index contributed by atoms with van der Waals surface area (Å²) in [4.78, 5) is 7.13. The van der Waals surface area contributed by atoms with Crippen molar-refractivity contribution in [2.75, 3.05) is 0 Å². The topological polar surface area (TPSA) is 46.0 Å². The van der Waals surface area contributed by atoms with E-state index in [1.54, 1.807) is 6.92 Å². The van der Waals surface area contributed by atoms with Crippen molar-refractivity contribution in [1.29, 1.82) is 0 Å². The smallest absolute Gasteiger partial charge is 0.269 e. The second-order valence-corrected chi connectivity index (χ2v) is 3.36. The van der Waals surface area contributed by atoms with Crippen LogP contribution in [0.3, 0.4) is 0 Å². The minimum atomic E-state index is -4.52. The molecule has 0 aliphatic carbocycles. The van der Waals surface area contributed by atoms with Gasteiger partial charge >= 0.3 is 6.18 Å². The predicted octanol–water partition coefficient (Wildman–Crippen LogP) is 2.11. The van der Waals surface area contributed by atoms with Gasteiger partial charge in [0.1, 0.15) is 4.64 Å². The Balaban J connectivity index is 2.77. The Morgan fingerprint density at radius 3 is 2.67 bits per heavy atom. The Kier molecular flexibility index (Phi) is 2.03. The van der Waals surface area contributed by atoms with Crippen LogP contribution in [0.15, 0.2) is 6.07 Å². The van der Waals surface area contributed by atoms with Crippen molar-refractivity contribution in [3.8, 4) is 0 Å². The molecule has 4 nitrogen and oxygen atoms in total. The van der Waals surface area contributed by atoms with Gasteiger partial charge in [-0.3, -0.25) is 5.10 Å². The Hall–Kier alpha value is -1.44. The number of hydrogen-bond donors (Lipinski definition) is 1. The van der Waals surface area contributed by atoms with E-state index in [0.717, 1.165) is 4.52 Å². The summed E-state index contributed by atoms with van der Waals surface area (Å²) in [7, 11) is 0. The molecule has 0 saturated heterocycles. The highest BCUT2D eigenvalue weighted by atomic mass is 32.1. The first-order chi connectivity index (χ1) is 6.88. The van der Waals surface area contributed by atoms with Crippen molar-refractivity contribution in [1.82, 2.24) is 19.6 Å². The van der Waals surface area contributed by atoms with Crippen LogP contribution < -0.4 is 0 Å². The zero-order chi connectivity index (χ0) is 11.2. The molecule has 0 aliphatic rings. The van der Waals surface area contributed by atoms with Crippen molar-refractivity contribution in [2.45, 2.75) is 13.1 Å². The number of rotatable bonds is 0. The number of hydrogen-bond acceptors (Lipinski definition) is 3. The van der Waals surface area contributed by atoms with Crippen molar-refractivity contribution >= 4 is 18.0 Å². The molecule has 0 aromatic carbocycles. The van der Waals surface area contributed by atoms with Crippen molar-refractivity contribution in [2.24, 2.45) is 0 Å². The molecule has 1 N–H and O–H groups in total. The molecule has 80 valence electrons. The maximum absolute atomic E-state index is 12.3. The molecule has 0 aliphatic heterocycles. The highest BCUT2D eigenvalue weighted by Crippen LogP contribution is 2.26. The van der Waals surface area contributed by atoms with Crippen LogP contribution in [-0.4, -0.2) is 19.6 Å². The van der Waals surface area contributed by atoms with E-state index in [1.807, 2.05) is 5.10 Å². The van der Waals surface area contributed by atoms with Crippen LogP contribution in [-0.2, 0) is 6.18 Å². The van der Waals surface area contributed by atoms with E-state index < -0.39 is 12.0 Å². The maximum Gasteiger partial charge on any atom is 0.451 e. The number of aryl methyl sites for hydroxylation is 1. The van der Waals surface area contributed by atoms with Gasteiger partial charge in [-0.2, -0.15) is 18.2 Å². The van der Waals surface area contributed by atoms with Gasteiger partial charge in [-0.05, 0) is 13.0 Å². The third kappa shape index (κ3) is 1.72. The molecular formula is C7H5F3N4S. The van der Waals surface area contributed by atoms with E-state index in [4.69, 9.17) is 12.2 Å². The lowest BCUT2D eigenvalue weighted by Crippen LogP contribution is -2.07. The molecule has 0 unspecified atom stereocenters. The Bertz CT molecular complexity index is 568. The molecule has 0 amide bonds. The van der Waals surface area contributed by atoms with Crippen molar-refractivity contribution in [3.05, 3.63) is 22.2 Å². The average molecular weight is 234 g/mol. The zero-order valence-electron chi connectivity index (χ0n) is 7.46. The lowest BCUT2D eigenvalue weighted by Gasteiger charge is -1.98. The summed E-state index contributed by atoms with van der Waals surface area (Å²) in [6.07, 6.45) is -4.52. The summed E-state index contributed by atoms with van der Waals surface area (Å²) in [5.41, 5.74) is 0.528. The number of alkyl halides is 3. The Morgan fingerprint density at radius 1 is 1.40 bits per heavy atom. The molecule has 0 saturated carbocycles. The fourth-order valence-electron chi connectivity index (χ4n) is 1.12. The van der Waals surface area contributed by atoms with Gasteiger partial charge < -0.3 is 0 Å². The third-order valence-electron chi connectivity index (χ3n) is 1.73. The quantitative estimate of drug-likeness (QED) is 0.710. The minimum Gasteiger partial charge on any atom is -0.269 e. The molecule has 2 rings (SSSR count). The van der Waals surface area contributed by atoms with E-state index in [2.05, 4.69) is 9.97 Å². The number of fused-ring (bicyclic) bond motifs is 1. The first-order valence-corrected chi connectivity index (χ1v) is 4.32. The number of nitrogens with zero attached hydrogens (tertiary/aromatic N) is 3. The van der Waals surface area contributed by atoms with Gasteiger partial charge in [0, 0.05) is 5.69 Å². The summed E-state index contributed by atoms with van der Waals surface area (Å²) < 4.78 is 38.1. The molecule has 8 heteroatoms. The lowest BCUT2D eigenvalue weighted by atomic mass is 10.5. The monoisotopic (exact) mass is 234 g/mol. The van der Waals surface area contributed by atoms with E-state index in [0.29, 0.717) is 5.69 Å². The van der Waals surface area contributed by atoms with E-state index >= 15 is 0 Å². The molecule has 2 aromatic rings. The Morgan fingerprint density at radius 2 is 2.07 bits per heavy atom. The highest BCUT2D eigenvalue weighted by Gasteiger charge is 2.35. The number of nitrogens with one attached hydrogen (secondary N) is 1. The average Bonchev–Trinajstić information content (AvgIpc) is 2.46. The summed E-state index contributed by atoms with van der Waals surface area (Å²) in [6.45, 7) is 1.64. The molecule has 0 spiro atoms. The van der Waals surface area contributed by atoms with E-state index in [-0.39, 0.29) is 10.4 Å². The van der Waals surface area contributed by atoms with Crippen LogP contribution in [0.5, 0.6) is 0 Å². The second kappa shape index (κ2) is 3.02. The first-order valence-electron chi connectivity index (χ1n) is 3.91. The highest BCUT2D eigenvalue weighted by molar-refractivity contribution is 7.71. The number of H-pyrrole nitrogens is 1. The van der Waals surface area contributed by atoms with Crippen molar-refractivity contribution in [3.63, 3.8) is 0 Å². The molecule has 0 radical (unpaired) electrons. The van der Waals surface area contributed by atoms with Crippen LogP contribution in [0, 0.1) is 11.6 Å². The predicted molar refractivity (Wildman–Crippen MR) is 47.9 cm³/mol. The van der Waals surface area contributed by atoms with Crippen LogP contribution in [0.2, 0.25) is 0 Å². The van der Waals surface area contributed by atoms with Gasteiger partial charge in [0.2, 0.25) is 5.82 Å². The Labute approximate surface area is 86.8 Å². The fourth-order valence-corrected chi connectivity index (χ4v) is 1.42. The molecular weight excluding hydrogens is 229 g/mol. The van der Waals surface area contributed by atoms with Crippen molar-refractivity contribution < 1.29 is 13.2 Å². The maximum atomic E-state index is 12.3. The number of aromatic amines is 1. The molecule has 2 aromatic heterocycles. The summed E-state index contributed by atoms with van der Waals surface area (Å²) >= 11 is 4.86. The normalized spacial score (nSPS) is 12.3. The summed E-state index contributed by atoms with van der Waals surface area (Å²) in [5.74, 6) is -1.18. The SMILES string of the molecule is Cc1cc(=S)n2[nH]c(C(F)(F)F)nc2n1. The number of halogens is 3.